The van der Waals surface area contributed by atoms with Crippen molar-refractivity contribution in [1.82, 2.24) is 15.2 Å². The van der Waals surface area contributed by atoms with E-state index in [4.69, 9.17) is 0 Å². The number of hydrogen-bond donors (Lipinski definition) is 2. The molecule has 7 nitrogen and oxygen atoms in total. The van der Waals surface area contributed by atoms with E-state index in [1.807, 2.05) is 36.4 Å². The zero-order valence-electron chi connectivity index (χ0n) is 27.3. The number of nitrogens with zero attached hydrogens (tertiary/aromatic N) is 2. The van der Waals surface area contributed by atoms with Crippen LogP contribution in [0.5, 0.6) is 0 Å². The van der Waals surface area contributed by atoms with E-state index in [-0.39, 0.29) is 29.2 Å². The van der Waals surface area contributed by atoms with Crippen LogP contribution in [0.2, 0.25) is 0 Å². The van der Waals surface area contributed by atoms with Gasteiger partial charge < -0.3 is 15.5 Å². The van der Waals surface area contributed by atoms with Crippen LogP contribution >= 0.6 is 11.3 Å². The maximum absolute atomic E-state index is 13.7. The van der Waals surface area contributed by atoms with Crippen LogP contribution in [-0.4, -0.2) is 34.7 Å². The number of rotatable bonds is 10. The highest BCUT2D eigenvalue weighted by Crippen LogP contribution is 2.29. The molecule has 5 aromatic carbocycles. The molecule has 9 heteroatoms. The summed E-state index contributed by atoms with van der Waals surface area (Å²) in [4.78, 5) is 46.7. The third kappa shape index (κ3) is 7.74. The first kappa shape index (κ1) is 33.2. The Morgan fingerprint density at radius 1 is 0.796 bits per heavy atom. The van der Waals surface area contributed by atoms with Crippen LogP contribution in [0.1, 0.15) is 62.7 Å². The fourth-order valence-corrected chi connectivity index (χ4v) is 6.47. The minimum absolute atomic E-state index is 0.184. The number of carbonyl (C=O) groups is 3. The molecule has 0 saturated carbocycles. The van der Waals surface area contributed by atoms with Crippen LogP contribution in [0.25, 0.3) is 21.3 Å². The van der Waals surface area contributed by atoms with Gasteiger partial charge in [-0.05, 0) is 70.1 Å². The number of carbonyl (C=O) groups excluding carboxylic acids is 3. The van der Waals surface area contributed by atoms with E-state index in [0.29, 0.717) is 32.9 Å². The van der Waals surface area contributed by atoms with Gasteiger partial charge in [0.2, 0.25) is 5.91 Å². The molecule has 0 unspecified atom stereocenters. The summed E-state index contributed by atoms with van der Waals surface area (Å²) in [5, 5.41) is 6.06. The highest BCUT2D eigenvalue weighted by Gasteiger charge is 2.27. The lowest BCUT2D eigenvalue weighted by molar-refractivity contribution is -0.132. The largest absolute Gasteiger partial charge is 0.339 e. The summed E-state index contributed by atoms with van der Waals surface area (Å²) in [6, 6.07) is 35.0. The second kappa shape index (κ2) is 14.6. The third-order valence-corrected chi connectivity index (χ3v) is 9.28. The smallest absolute Gasteiger partial charge is 0.281 e. The molecular weight excluding hydrogens is 636 g/mol. The van der Waals surface area contributed by atoms with Crippen LogP contribution in [-0.2, 0) is 11.3 Å². The molecule has 0 aliphatic rings. The lowest BCUT2D eigenvalue weighted by Gasteiger charge is -2.25. The zero-order valence-corrected chi connectivity index (χ0v) is 28.1. The molecule has 0 fully saturated rings. The quantitative estimate of drug-likeness (QED) is 0.153. The maximum Gasteiger partial charge on any atom is 0.281 e. The number of anilines is 1. The third-order valence-electron chi connectivity index (χ3n) is 8.27. The van der Waals surface area contributed by atoms with Crippen molar-refractivity contribution in [1.29, 1.82) is 0 Å². The summed E-state index contributed by atoms with van der Waals surface area (Å²) >= 11 is 1.17. The van der Waals surface area contributed by atoms with Gasteiger partial charge in [0.05, 0.1) is 10.2 Å². The van der Waals surface area contributed by atoms with Crippen LogP contribution in [0, 0.1) is 5.82 Å². The SMILES string of the molecule is CC(C)c1ccc(-c2ccccc2C(=O)Nc2ccc3nc(C(=O)N[C@H](C(=O)N(C)Cc4ccc(F)cc4)c4ccccc4)sc3c2)cc1. The van der Waals surface area contributed by atoms with Crippen molar-refractivity contribution in [3.63, 3.8) is 0 Å². The molecule has 0 bridgehead atoms. The molecule has 1 heterocycles. The average Bonchev–Trinajstić information content (AvgIpc) is 3.55. The van der Waals surface area contributed by atoms with Gasteiger partial charge in [0, 0.05) is 24.8 Å². The van der Waals surface area contributed by atoms with E-state index >= 15 is 0 Å². The van der Waals surface area contributed by atoms with Gasteiger partial charge in [0.25, 0.3) is 11.8 Å². The minimum Gasteiger partial charge on any atom is -0.339 e. The zero-order chi connectivity index (χ0) is 34.5. The van der Waals surface area contributed by atoms with Crippen LogP contribution in [0.4, 0.5) is 10.1 Å². The molecule has 1 atom stereocenters. The van der Waals surface area contributed by atoms with Crippen LogP contribution in [0.3, 0.4) is 0 Å². The molecule has 6 aromatic rings. The number of aromatic nitrogens is 1. The van der Waals surface area contributed by atoms with Gasteiger partial charge in [0.15, 0.2) is 5.01 Å². The minimum atomic E-state index is -0.970. The van der Waals surface area contributed by atoms with Crippen LogP contribution in [0.15, 0.2) is 121 Å². The predicted octanol–water partition coefficient (Wildman–Crippen LogP) is 8.61. The number of halogens is 1. The monoisotopic (exact) mass is 670 g/mol. The molecule has 2 N–H and O–H groups in total. The van der Waals surface area contributed by atoms with E-state index in [9.17, 15) is 18.8 Å². The van der Waals surface area contributed by atoms with Gasteiger partial charge in [-0.25, -0.2) is 9.37 Å². The molecule has 0 aliphatic heterocycles. The molecule has 49 heavy (non-hydrogen) atoms. The Bertz CT molecular complexity index is 2110. The van der Waals surface area contributed by atoms with E-state index in [1.165, 1.54) is 33.9 Å². The normalized spacial score (nSPS) is 11.7. The van der Waals surface area contributed by atoms with Crippen molar-refractivity contribution >= 4 is 45.0 Å². The fourth-order valence-electron chi connectivity index (χ4n) is 5.57. The number of thiazole rings is 1. The molecular formula is C40H35FN4O3S. The van der Waals surface area contributed by atoms with Gasteiger partial charge in [-0.2, -0.15) is 0 Å². The Kier molecular flexibility index (Phi) is 9.92. The summed E-state index contributed by atoms with van der Waals surface area (Å²) < 4.78 is 14.1. The number of likely N-dealkylation sites (N-methyl/N-ethyl adjacent to an activating group) is 1. The van der Waals surface area contributed by atoms with Gasteiger partial charge in [0.1, 0.15) is 11.9 Å². The second-order valence-corrected chi connectivity index (χ2v) is 13.1. The van der Waals surface area contributed by atoms with E-state index in [2.05, 4.69) is 41.6 Å². The predicted molar refractivity (Wildman–Crippen MR) is 193 cm³/mol. The average molecular weight is 671 g/mol. The fraction of sp³-hybridized carbons (Fsp3) is 0.150. The standard InChI is InChI=1S/C40H35FN4O3S/c1-25(2)27-15-17-28(18-16-27)32-11-7-8-12-33(32)37(46)42-31-21-22-34-35(23-31)49-39(43-34)38(47)44-36(29-9-5-4-6-10-29)40(48)45(3)24-26-13-19-30(41)20-14-26/h4-23,25,36H,24H2,1-3H3,(H,42,46)(H,44,47)/t36-/m0/s1. The van der Waals surface area contributed by atoms with E-state index in [0.717, 1.165) is 16.7 Å². The Labute approximate surface area is 288 Å². The van der Waals surface area contributed by atoms with Crippen molar-refractivity contribution < 1.29 is 18.8 Å². The molecule has 0 saturated heterocycles. The van der Waals surface area contributed by atoms with Crippen molar-refractivity contribution in [3.8, 4) is 11.1 Å². The summed E-state index contributed by atoms with van der Waals surface area (Å²) in [6.07, 6.45) is 0. The van der Waals surface area contributed by atoms with Crippen molar-refractivity contribution in [2.24, 2.45) is 0 Å². The number of nitrogens with one attached hydrogen (secondary N) is 2. The van der Waals surface area contributed by atoms with Gasteiger partial charge in [-0.15, -0.1) is 11.3 Å². The van der Waals surface area contributed by atoms with E-state index in [1.54, 1.807) is 67.7 Å². The summed E-state index contributed by atoms with van der Waals surface area (Å²) in [6.45, 7) is 4.53. The van der Waals surface area contributed by atoms with Crippen LogP contribution < -0.4 is 10.6 Å². The van der Waals surface area contributed by atoms with Gasteiger partial charge >= 0.3 is 0 Å². The number of hydrogen-bond acceptors (Lipinski definition) is 5. The summed E-state index contributed by atoms with van der Waals surface area (Å²) in [7, 11) is 1.64. The Morgan fingerprint density at radius 3 is 2.20 bits per heavy atom. The summed E-state index contributed by atoms with van der Waals surface area (Å²) in [5.74, 6) is -1.02. The maximum atomic E-state index is 13.7. The van der Waals surface area contributed by atoms with Gasteiger partial charge in [-0.1, -0.05) is 98.8 Å². The highest BCUT2D eigenvalue weighted by atomic mass is 32.1. The number of amides is 3. The Hall–Kier alpha value is -5.67. The Morgan fingerprint density at radius 2 is 1.49 bits per heavy atom. The van der Waals surface area contributed by atoms with Crippen molar-refractivity contribution in [3.05, 3.63) is 154 Å². The van der Waals surface area contributed by atoms with Crippen molar-refractivity contribution in [2.45, 2.75) is 32.4 Å². The first-order chi connectivity index (χ1) is 23.7. The molecule has 0 radical (unpaired) electrons. The molecule has 0 aliphatic carbocycles. The molecule has 246 valence electrons. The lowest BCUT2D eigenvalue weighted by Crippen LogP contribution is -2.41. The van der Waals surface area contributed by atoms with E-state index < -0.39 is 11.9 Å². The topological polar surface area (TPSA) is 91.4 Å². The first-order valence-electron chi connectivity index (χ1n) is 15.9. The summed E-state index contributed by atoms with van der Waals surface area (Å²) in [5.41, 5.74) is 6.10. The number of benzene rings is 5. The van der Waals surface area contributed by atoms with Crippen molar-refractivity contribution in [2.75, 3.05) is 12.4 Å². The highest BCUT2D eigenvalue weighted by molar-refractivity contribution is 7.20. The first-order valence-corrected chi connectivity index (χ1v) is 16.7. The molecule has 3 amide bonds. The van der Waals surface area contributed by atoms with Gasteiger partial charge in [-0.3, -0.25) is 14.4 Å². The molecule has 0 spiro atoms. The molecule has 1 aromatic heterocycles. The molecule has 6 rings (SSSR count). The number of fused-ring (bicyclic) bond motifs is 1. The Balaban J connectivity index is 1.19. The second-order valence-electron chi connectivity index (χ2n) is 12.1. The lowest BCUT2D eigenvalue weighted by atomic mass is 9.95.